The zero-order chi connectivity index (χ0) is 14.8. The highest BCUT2D eigenvalue weighted by Gasteiger charge is 2.33. The molecule has 20 heavy (non-hydrogen) atoms. The standard InChI is InChI=1S/C15H21NO4/c1-15(6-5-13(17)16-15)9-10-7-11(18-2)14(20-4)12(8-10)19-3/h7-8H,5-6,9H2,1-4H3,(H,16,17). The minimum Gasteiger partial charge on any atom is -0.493 e. The van der Waals surface area contributed by atoms with Crippen molar-refractivity contribution < 1.29 is 19.0 Å². The van der Waals surface area contributed by atoms with Gasteiger partial charge in [-0.25, -0.2) is 0 Å². The lowest BCUT2D eigenvalue weighted by Gasteiger charge is -2.25. The summed E-state index contributed by atoms with van der Waals surface area (Å²) >= 11 is 0. The van der Waals surface area contributed by atoms with Crippen molar-refractivity contribution in [2.45, 2.75) is 31.7 Å². The molecule has 0 saturated carbocycles. The highest BCUT2D eigenvalue weighted by atomic mass is 16.5. The van der Waals surface area contributed by atoms with Crippen molar-refractivity contribution in [1.82, 2.24) is 5.32 Å². The maximum atomic E-state index is 11.4. The summed E-state index contributed by atoms with van der Waals surface area (Å²) < 4.78 is 16.0. The van der Waals surface area contributed by atoms with Gasteiger partial charge in [-0.15, -0.1) is 0 Å². The second kappa shape index (κ2) is 5.61. The second-order valence-corrected chi connectivity index (χ2v) is 5.32. The lowest BCUT2D eigenvalue weighted by Crippen LogP contribution is -2.40. The normalized spacial score (nSPS) is 21.5. The maximum absolute atomic E-state index is 11.4. The van der Waals surface area contributed by atoms with E-state index in [0.29, 0.717) is 23.7 Å². The van der Waals surface area contributed by atoms with Gasteiger partial charge in [0, 0.05) is 12.0 Å². The third-order valence-electron chi connectivity index (χ3n) is 3.66. The highest BCUT2D eigenvalue weighted by molar-refractivity contribution is 5.79. The topological polar surface area (TPSA) is 56.8 Å². The number of hydrogen-bond acceptors (Lipinski definition) is 4. The molecular weight excluding hydrogens is 258 g/mol. The number of methoxy groups -OCH3 is 3. The van der Waals surface area contributed by atoms with Gasteiger partial charge in [-0.05, 0) is 37.5 Å². The first-order valence-corrected chi connectivity index (χ1v) is 6.61. The van der Waals surface area contributed by atoms with Gasteiger partial charge in [0.2, 0.25) is 11.7 Å². The van der Waals surface area contributed by atoms with Crippen LogP contribution in [0.1, 0.15) is 25.3 Å². The molecule has 1 saturated heterocycles. The summed E-state index contributed by atoms with van der Waals surface area (Å²) in [6.07, 6.45) is 2.15. The first-order chi connectivity index (χ1) is 9.51. The van der Waals surface area contributed by atoms with Crippen LogP contribution in [-0.4, -0.2) is 32.8 Å². The van der Waals surface area contributed by atoms with Crippen molar-refractivity contribution in [3.63, 3.8) is 0 Å². The van der Waals surface area contributed by atoms with E-state index in [2.05, 4.69) is 12.2 Å². The Balaban J connectivity index is 2.30. The third-order valence-corrected chi connectivity index (χ3v) is 3.66. The van der Waals surface area contributed by atoms with Crippen molar-refractivity contribution in [1.29, 1.82) is 0 Å². The Morgan fingerprint density at radius 1 is 1.15 bits per heavy atom. The van der Waals surface area contributed by atoms with Crippen LogP contribution in [0.15, 0.2) is 12.1 Å². The van der Waals surface area contributed by atoms with Gasteiger partial charge in [0.05, 0.1) is 21.3 Å². The number of hydrogen-bond donors (Lipinski definition) is 1. The number of ether oxygens (including phenoxy) is 3. The van der Waals surface area contributed by atoms with Crippen molar-refractivity contribution in [3.8, 4) is 17.2 Å². The quantitative estimate of drug-likeness (QED) is 0.894. The Labute approximate surface area is 119 Å². The molecular formula is C15H21NO4. The van der Waals surface area contributed by atoms with Crippen LogP contribution in [0.3, 0.4) is 0 Å². The summed E-state index contributed by atoms with van der Waals surface area (Å²) in [7, 11) is 4.78. The average Bonchev–Trinajstić information content (AvgIpc) is 2.76. The Kier molecular flexibility index (Phi) is 4.06. The molecule has 1 heterocycles. The number of amides is 1. The molecule has 1 aliphatic heterocycles. The number of rotatable bonds is 5. The Morgan fingerprint density at radius 3 is 2.15 bits per heavy atom. The predicted molar refractivity (Wildman–Crippen MR) is 75.6 cm³/mol. The molecule has 0 radical (unpaired) electrons. The molecule has 1 aromatic rings. The summed E-state index contributed by atoms with van der Waals surface area (Å²) in [4.78, 5) is 11.4. The molecule has 1 aliphatic rings. The molecule has 1 amide bonds. The van der Waals surface area contributed by atoms with Gasteiger partial charge in [0.1, 0.15) is 0 Å². The van der Waals surface area contributed by atoms with Crippen LogP contribution in [0.5, 0.6) is 17.2 Å². The van der Waals surface area contributed by atoms with Crippen LogP contribution in [0.2, 0.25) is 0 Å². The first-order valence-electron chi connectivity index (χ1n) is 6.61. The van der Waals surface area contributed by atoms with E-state index in [1.165, 1.54) is 0 Å². The van der Waals surface area contributed by atoms with E-state index in [9.17, 15) is 4.79 Å². The fourth-order valence-corrected chi connectivity index (χ4v) is 2.67. The van der Waals surface area contributed by atoms with E-state index in [1.807, 2.05) is 12.1 Å². The van der Waals surface area contributed by atoms with Crippen LogP contribution in [0.4, 0.5) is 0 Å². The van der Waals surface area contributed by atoms with Crippen LogP contribution >= 0.6 is 0 Å². The van der Waals surface area contributed by atoms with Gasteiger partial charge in [-0.3, -0.25) is 4.79 Å². The third kappa shape index (κ3) is 2.81. The summed E-state index contributed by atoms with van der Waals surface area (Å²) in [5.41, 5.74) is 0.839. The van der Waals surface area contributed by atoms with Crippen molar-refractivity contribution in [2.24, 2.45) is 0 Å². The Bertz CT molecular complexity index is 490. The fourth-order valence-electron chi connectivity index (χ4n) is 2.67. The molecule has 0 aliphatic carbocycles. The van der Waals surface area contributed by atoms with Gasteiger partial charge in [-0.2, -0.15) is 0 Å². The Hall–Kier alpha value is -1.91. The summed E-state index contributed by atoms with van der Waals surface area (Å²) in [6.45, 7) is 2.06. The molecule has 5 heteroatoms. The van der Waals surface area contributed by atoms with Crippen molar-refractivity contribution >= 4 is 5.91 Å². The molecule has 0 aromatic heterocycles. The van der Waals surface area contributed by atoms with E-state index >= 15 is 0 Å². The minimum atomic E-state index is -0.207. The zero-order valence-electron chi connectivity index (χ0n) is 12.4. The van der Waals surface area contributed by atoms with Gasteiger partial charge in [0.15, 0.2) is 11.5 Å². The Morgan fingerprint density at radius 2 is 1.75 bits per heavy atom. The van der Waals surface area contributed by atoms with Gasteiger partial charge >= 0.3 is 0 Å². The summed E-state index contributed by atoms with van der Waals surface area (Å²) in [5, 5.41) is 3.03. The molecule has 0 spiro atoms. The van der Waals surface area contributed by atoms with E-state index < -0.39 is 0 Å². The molecule has 2 rings (SSSR count). The van der Waals surface area contributed by atoms with Gasteiger partial charge in [0.25, 0.3) is 0 Å². The first kappa shape index (κ1) is 14.5. The van der Waals surface area contributed by atoms with Crippen LogP contribution in [-0.2, 0) is 11.2 Å². The molecule has 5 nitrogen and oxygen atoms in total. The van der Waals surface area contributed by atoms with Crippen LogP contribution in [0, 0.1) is 0 Å². The van der Waals surface area contributed by atoms with Gasteiger partial charge in [-0.1, -0.05) is 0 Å². The van der Waals surface area contributed by atoms with Crippen molar-refractivity contribution in [3.05, 3.63) is 17.7 Å². The molecule has 1 fully saturated rings. The molecule has 1 aromatic carbocycles. The zero-order valence-corrected chi connectivity index (χ0v) is 12.4. The molecule has 1 atom stereocenters. The largest absolute Gasteiger partial charge is 0.493 e. The molecule has 0 bridgehead atoms. The monoisotopic (exact) mass is 279 g/mol. The lowest BCUT2D eigenvalue weighted by molar-refractivity contribution is -0.119. The average molecular weight is 279 g/mol. The number of nitrogens with one attached hydrogen (secondary N) is 1. The van der Waals surface area contributed by atoms with Crippen LogP contribution in [0.25, 0.3) is 0 Å². The summed E-state index contributed by atoms with van der Waals surface area (Å²) in [6, 6.07) is 3.86. The van der Waals surface area contributed by atoms with E-state index in [-0.39, 0.29) is 11.4 Å². The predicted octanol–water partition coefficient (Wildman–Crippen LogP) is 1.92. The smallest absolute Gasteiger partial charge is 0.220 e. The minimum absolute atomic E-state index is 0.111. The number of benzene rings is 1. The molecule has 1 unspecified atom stereocenters. The van der Waals surface area contributed by atoms with E-state index in [4.69, 9.17) is 14.2 Å². The SMILES string of the molecule is COc1cc(CC2(C)CCC(=O)N2)cc(OC)c1OC. The lowest BCUT2D eigenvalue weighted by atomic mass is 9.91. The fraction of sp³-hybridized carbons (Fsp3) is 0.533. The van der Waals surface area contributed by atoms with E-state index in [1.54, 1.807) is 21.3 Å². The highest BCUT2D eigenvalue weighted by Crippen LogP contribution is 2.39. The second-order valence-electron chi connectivity index (χ2n) is 5.32. The van der Waals surface area contributed by atoms with Crippen LogP contribution < -0.4 is 19.5 Å². The van der Waals surface area contributed by atoms with Crippen molar-refractivity contribution in [2.75, 3.05) is 21.3 Å². The van der Waals surface area contributed by atoms with E-state index in [0.717, 1.165) is 18.4 Å². The molecule has 1 N–H and O–H groups in total. The number of carbonyl (C=O) groups is 1. The number of carbonyl (C=O) groups excluding carboxylic acids is 1. The molecule has 110 valence electrons. The maximum Gasteiger partial charge on any atom is 0.220 e. The summed E-state index contributed by atoms with van der Waals surface area (Å²) in [5.74, 6) is 1.96. The van der Waals surface area contributed by atoms with Gasteiger partial charge < -0.3 is 19.5 Å².